The number of hydrogen-bond donors (Lipinski definition) is 1. The summed E-state index contributed by atoms with van der Waals surface area (Å²) in [5.41, 5.74) is 0. The van der Waals surface area contributed by atoms with Crippen LogP contribution in [0.3, 0.4) is 0 Å². The van der Waals surface area contributed by atoms with E-state index in [0.29, 0.717) is 6.54 Å². The molecule has 1 N–H and O–H groups in total. The van der Waals surface area contributed by atoms with Crippen molar-refractivity contribution in [2.45, 2.75) is 19.4 Å². The fourth-order valence-corrected chi connectivity index (χ4v) is 1.11. The van der Waals surface area contributed by atoms with Crippen LogP contribution in [0.5, 0.6) is 0 Å². The van der Waals surface area contributed by atoms with Gasteiger partial charge in [0, 0.05) is 19.6 Å². The van der Waals surface area contributed by atoms with Gasteiger partial charge in [0.05, 0.1) is 0 Å². The molecule has 1 heterocycles. The number of piperazine rings is 1. The molecule has 1 atom stereocenters. The van der Waals surface area contributed by atoms with Crippen LogP contribution in [0.25, 0.3) is 0 Å². The third kappa shape index (κ3) is 1.50. The zero-order chi connectivity index (χ0) is 8.43. The van der Waals surface area contributed by atoms with Gasteiger partial charge >= 0.3 is 11.8 Å². The van der Waals surface area contributed by atoms with Gasteiger partial charge in [-0.25, -0.2) is 0 Å². The minimum absolute atomic E-state index is 0.130. The first kappa shape index (κ1) is 8.04. The molecule has 11 heavy (non-hydrogen) atoms. The highest BCUT2D eigenvalue weighted by Crippen LogP contribution is 2.01. The SMILES string of the molecule is CC[C@@H]1CN(C)C(=O)C(=O)N1. The van der Waals surface area contributed by atoms with E-state index in [1.165, 1.54) is 4.90 Å². The average Bonchev–Trinajstić information content (AvgIpc) is 1.99. The van der Waals surface area contributed by atoms with Crippen LogP contribution < -0.4 is 5.32 Å². The predicted octanol–water partition coefficient (Wildman–Crippen LogP) is -0.647. The van der Waals surface area contributed by atoms with E-state index in [1.807, 2.05) is 6.92 Å². The summed E-state index contributed by atoms with van der Waals surface area (Å²) >= 11 is 0. The summed E-state index contributed by atoms with van der Waals surface area (Å²) in [4.78, 5) is 23.2. The van der Waals surface area contributed by atoms with Gasteiger partial charge in [-0.3, -0.25) is 9.59 Å². The van der Waals surface area contributed by atoms with Crippen LogP contribution in [0.2, 0.25) is 0 Å². The number of nitrogens with one attached hydrogen (secondary N) is 1. The maximum Gasteiger partial charge on any atom is 0.311 e. The van der Waals surface area contributed by atoms with Crippen molar-refractivity contribution in [3.63, 3.8) is 0 Å². The van der Waals surface area contributed by atoms with Crippen molar-refractivity contribution in [2.24, 2.45) is 0 Å². The highest BCUT2D eigenvalue weighted by molar-refractivity contribution is 6.35. The van der Waals surface area contributed by atoms with E-state index in [0.717, 1.165) is 6.42 Å². The standard InChI is InChI=1S/C7H12N2O2/c1-3-5-4-9(2)7(11)6(10)8-5/h5H,3-4H2,1-2H3,(H,8,10)/t5-/m1/s1. The van der Waals surface area contributed by atoms with E-state index >= 15 is 0 Å². The summed E-state index contributed by atoms with van der Waals surface area (Å²) in [7, 11) is 1.64. The van der Waals surface area contributed by atoms with Crippen LogP contribution >= 0.6 is 0 Å². The van der Waals surface area contributed by atoms with Crippen LogP contribution in [0.4, 0.5) is 0 Å². The Morgan fingerprint density at radius 2 is 2.27 bits per heavy atom. The van der Waals surface area contributed by atoms with Gasteiger partial charge in [-0.2, -0.15) is 0 Å². The van der Waals surface area contributed by atoms with Crippen molar-refractivity contribution in [1.29, 1.82) is 0 Å². The second kappa shape index (κ2) is 2.90. The Kier molecular flexibility index (Phi) is 2.12. The maximum absolute atomic E-state index is 10.9. The smallest absolute Gasteiger partial charge is 0.311 e. The number of amides is 2. The largest absolute Gasteiger partial charge is 0.343 e. The first-order chi connectivity index (χ1) is 5.15. The summed E-state index contributed by atoms with van der Waals surface area (Å²) < 4.78 is 0. The third-order valence-electron chi connectivity index (χ3n) is 1.86. The highest BCUT2D eigenvalue weighted by atomic mass is 16.2. The first-order valence-electron chi connectivity index (χ1n) is 3.71. The Bertz CT molecular complexity index is 191. The van der Waals surface area contributed by atoms with E-state index in [9.17, 15) is 9.59 Å². The molecule has 62 valence electrons. The molecule has 0 spiro atoms. The lowest BCUT2D eigenvalue weighted by Crippen LogP contribution is -2.55. The highest BCUT2D eigenvalue weighted by Gasteiger charge is 2.28. The van der Waals surface area contributed by atoms with Crippen LogP contribution in [0.1, 0.15) is 13.3 Å². The van der Waals surface area contributed by atoms with Gasteiger partial charge in [0.25, 0.3) is 0 Å². The van der Waals surface area contributed by atoms with Crippen molar-refractivity contribution in [3.05, 3.63) is 0 Å². The van der Waals surface area contributed by atoms with Crippen molar-refractivity contribution >= 4 is 11.8 Å². The number of likely N-dealkylation sites (N-methyl/N-ethyl adjacent to an activating group) is 1. The van der Waals surface area contributed by atoms with Crippen LogP contribution in [-0.4, -0.2) is 36.3 Å². The zero-order valence-corrected chi connectivity index (χ0v) is 6.76. The molecule has 0 aromatic carbocycles. The molecule has 0 radical (unpaired) electrons. The Hall–Kier alpha value is -1.06. The topological polar surface area (TPSA) is 49.4 Å². The number of carbonyl (C=O) groups excluding carboxylic acids is 2. The van der Waals surface area contributed by atoms with Gasteiger partial charge < -0.3 is 10.2 Å². The molecule has 4 nitrogen and oxygen atoms in total. The van der Waals surface area contributed by atoms with Gasteiger partial charge in [0.1, 0.15) is 0 Å². The molecule has 0 bridgehead atoms. The molecule has 1 fully saturated rings. The predicted molar refractivity (Wildman–Crippen MR) is 39.9 cm³/mol. The second-order valence-corrected chi connectivity index (χ2v) is 2.76. The molecule has 1 saturated heterocycles. The monoisotopic (exact) mass is 156 g/mol. The van der Waals surface area contributed by atoms with Crippen LogP contribution in [0, 0.1) is 0 Å². The second-order valence-electron chi connectivity index (χ2n) is 2.76. The molecule has 1 aliphatic rings. The Morgan fingerprint density at radius 1 is 1.64 bits per heavy atom. The first-order valence-corrected chi connectivity index (χ1v) is 3.71. The molecular weight excluding hydrogens is 144 g/mol. The minimum Gasteiger partial charge on any atom is -0.343 e. The van der Waals surface area contributed by atoms with Crippen LogP contribution in [0.15, 0.2) is 0 Å². The molecule has 0 aliphatic carbocycles. The van der Waals surface area contributed by atoms with E-state index in [-0.39, 0.29) is 6.04 Å². The lowest BCUT2D eigenvalue weighted by atomic mass is 10.1. The van der Waals surface area contributed by atoms with E-state index in [2.05, 4.69) is 5.32 Å². The molecule has 0 aromatic heterocycles. The Morgan fingerprint density at radius 3 is 2.73 bits per heavy atom. The van der Waals surface area contributed by atoms with E-state index in [4.69, 9.17) is 0 Å². The fourth-order valence-electron chi connectivity index (χ4n) is 1.11. The molecular formula is C7H12N2O2. The molecule has 2 amide bonds. The summed E-state index contributed by atoms with van der Waals surface area (Å²) in [6.45, 7) is 2.61. The van der Waals surface area contributed by atoms with Crippen molar-refractivity contribution in [1.82, 2.24) is 10.2 Å². The van der Waals surface area contributed by atoms with E-state index in [1.54, 1.807) is 7.05 Å². The number of carbonyl (C=O) groups is 2. The Labute approximate surface area is 65.6 Å². The molecule has 4 heteroatoms. The van der Waals surface area contributed by atoms with Gasteiger partial charge in [-0.1, -0.05) is 6.92 Å². The lowest BCUT2D eigenvalue weighted by molar-refractivity contribution is -0.148. The van der Waals surface area contributed by atoms with Gasteiger partial charge in [-0.15, -0.1) is 0 Å². The quantitative estimate of drug-likeness (QED) is 0.513. The normalized spacial score (nSPS) is 25.3. The molecule has 0 unspecified atom stereocenters. The lowest BCUT2D eigenvalue weighted by Gasteiger charge is -2.28. The molecule has 1 rings (SSSR count). The van der Waals surface area contributed by atoms with Gasteiger partial charge in [0.2, 0.25) is 0 Å². The summed E-state index contributed by atoms with van der Waals surface area (Å²) in [5.74, 6) is -0.916. The number of nitrogens with zero attached hydrogens (tertiary/aromatic N) is 1. The van der Waals surface area contributed by atoms with E-state index < -0.39 is 11.8 Å². The van der Waals surface area contributed by atoms with Crippen molar-refractivity contribution < 1.29 is 9.59 Å². The minimum atomic E-state index is -0.481. The van der Waals surface area contributed by atoms with Crippen molar-refractivity contribution in [3.8, 4) is 0 Å². The molecule has 0 aromatic rings. The maximum atomic E-state index is 10.9. The summed E-state index contributed by atoms with van der Waals surface area (Å²) in [6, 6.07) is 0.130. The zero-order valence-electron chi connectivity index (χ0n) is 6.76. The number of hydrogen-bond acceptors (Lipinski definition) is 2. The number of rotatable bonds is 1. The average molecular weight is 156 g/mol. The molecule has 1 aliphatic heterocycles. The van der Waals surface area contributed by atoms with Gasteiger partial charge in [-0.05, 0) is 6.42 Å². The van der Waals surface area contributed by atoms with Crippen LogP contribution in [-0.2, 0) is 9.59 Å². The molecule has 0 saturated carbocycles. The fraction of sp³-hybridized carbons (Fsp3) is 0.714. The van der Waals surface area contributed by atoms with Crippen molar-refractivity contribution in [2.75, 3.05) is 13.6 Å². The van der Waals surface area contributed by atoms with Gasteiger partial charge in [0.15, 0.2) is 0 Å². The summed E-state index contributed by atoms with van der Waals surface area (Å²) in [5, 5.41) is 2.62. The third-order valence-corrected chi connectivity index (χ3v) is 1.86. The Balaban J connectivity index is 2.62. The summed E-state index contributed by atoms with van der Waals surface area (Å²) in [6.07, 6.45) is 0.864.